The molecule has 0 amide bonds. The summed E-state index contributed by atoms with van der Waals surface area (Å²) in [4.78, 5) is 11.8. The minimum absolute atomic E-state index is 0.127. The van der Waals surface area contributed by atoms with E-state index >= 15 is 0 Å². The Morgan fingerprint density at radius 2 is 1.47 bits per heavy atom. The van der Waals surface area contributed by atoms with Crippen molar-refractivity contribution >= 4 is 58.6 Å². The second-order valence-corrected chi connectivity index (χ2v) is 6.59. The van der Waals surface area contributed by atoms with Gasteiger partial charge in [-0.25, -0.2) is 0 Å². The van der Waals surface area contributed by atoms with Crippen LogP contribution in [-0.2, 0) is 4.74 Å². The van der Waals surface area contributed by atoms with Gasteiger partial charge < -0.3 is 9.13 Å². The van der Waals surface area contributed by atoms with Gasteiger partial charge in [0.25, 0.3) is 0 Å². The molecule has 0 N–H and O–H groups in total. The molecule has 0 atom stereocenters. The summed E-state index contributed by atoms with van der Waals surface area (Å²) in [6, 6.07) is 0. The zero-order valence-corrected chi connectivity index (χ0v) is 12.0. The molecule has 0 aromatic carbocycles. The molecule has 15 heavy (non-hydrogen) atoms. The monoisotopic (exact) mass is 295 g/mol. The molecule has 3 nitrogen and oxygen atoms in total. The summed E-state index contributed by atoms with van der Waals surface area (Å²) in [7, 11) is 6.48. The van der Waals surface area contributed by atoms with Gasteiger partial charge in [-0.05, 0) is 0 Å². The molecule has 0 saturated carbocycles. The van der Waals surface area contributed by atoms with Crippen LogP contribution in [0.15, 0.2) is 0 Å². The van der Waals surface area contributed by atoms with Crippen LogP contribution in [0.2, 0.25) is 0 Å². The van der Waals surface area contributed by atoms with Crippen molar-refractivity contribution in [2.24, 2.45) is 0 Å². The molecule has 0 bridgehead atoms. The third-order valence-electron chi connectivity index (χ3n) is 2.63. The van der Waals surface area contributed by atoms with Crippen LogP contribution in [-0.4, -0.2) is 54.3 Å². The molecule has 0 rings (SSSR count). The average Bonchev–Trinajstić information content (AvgIpc) is 2.00. The molecule has 0 aromatic heterocycles. The number of nitrogens with zero attached hydrogens (tertiary/aromatic N) is 1. The van der Waals surface area contributed by atoms with Gasteiger partial charge in [-0.15, -0.1) is 46.4 Å². The Labute approximate surface area is 110 Å². The number of rotatable bonds is 4. The molecule has 8 heteroatoms. The topological polar surface area (TPSA) is 26.3 Å². The number of hydrogen-bond donors (Lipinski definition) is 0. The van der Waals surface area contributed by atoms with Gasteiger partial charge in [0.1, 0.15) is 0 Å². The normalized spacial score (nSPS) is 13.5. The first-order valence-electron chi connectivity index (χ1n) is 4.24. The minimum Gasteiger partial charge on any atom is -0.511 e. The first kappa shape index (κ1) is 15.7. The molecule has 0 unspecified atom stereocenters. The molecule has 0 heterocycles. The highest BCUT2D eigenvalue weighted by Crippen LogP contribution is 2.34. The molecule has 0 saturated heterocycles. The van der Waals surface area contributed by atoms with E-state index in [2.05, 4.69) is 0 Å². The molecule has 90 valence electrons. The third-order valence-corrected chi connectivity index (χ3v) is 4.17. The first-order valence-corrected chi connectivity index (χ1v) is 5.99. The van der Waals surface area contributed by atoms with E-state index in [0.29, 0.717) is 0 Å². The summed E-state index contributed by atoms with van der Waals surface area (Å²) in [6.07, 6.45) is -2.18. The van der Waals surface area contributed by atoms with Crippen molar-refractivity contribution in [3.63, 3.8) is 0 Å². The predicted molar refractivity (Wildman–Crippen MR) is 67.2 cm³/mol. The van der Waals surface area contributed by atoms with Crippen molar-refractivity contribution in [2.75, 3.05) is 28.3 Å². The van der Waals surface area contributed by atoms with Crippen molar-refractivity contribution in [1.82, 2.24) is 0 Å². The molecule has 0 radical (unpaired) electrons. The Balaban J connectivity index is 5.60. The average molecular weight is 297 g/mol. The SMILES string of the molecule is COC(=O)[B-](C(Cl)Cl)(C(Cl)Cl)[N+](C)(C)C. The Kier molecular flexibility index (Phi) is 5.56. The highest BCUT2D eigenvalue weighted by Gasteiger charge is 2.58. The molecule has 0 spiro atoms. The lowest BCUT2D eigenvalue weighted by Crippen LogP contribution is -2.75. The molecular weight excluding hydrogens is 283 g/mol. The second kappa shape index (κ2) is 5.32. The Bertz CT molecular complexity index is 234. The number of hydrogen-bond acceptors (Lipinski definition) is 2. The number of ether oxygens (including phenoxy) is 1. The summed E-state index contributed by atoms with van der Waals surface area (Å²) in [6.45, 7) is 0. The van der Waals surface area contributed by atoms with E-state index in [4.69, 9.17) is 51.1 Å². The van der Waals surface area contributed by atoms with Crippen LogP contribution >= 0.6 is 46.4 Å². The van der Waals surface area contributed by atoms with Crippen molar-refractivity contribution in [3.8, 4) is 0 Å². The van der Waals surface area contributed by atoms with E-state index in [1.807, 2.05) is 0 Å². The smallest absolute Gasteiger partial charge is 0.377 e. The molecule has 0 aliphatic carbocycles. The number of alkyl halides is 4. The van der Waals surface area contributed by atoms with E-state index in [-0.39, 0.29) is 4.39 Å². The van der Waals surface area contributed by atoms with Crippen LogP contribution in [0.1, 0.15) is 0 Å². The standard InChI is InChI=1S/C7H14BCl4NO2/c1-13(2,3)8(5(9)10,6(11)12)7(14)15-4/h5-6H,1-4H3. The zero-order chi connectivity index (χ0) is 12.4. The lowest BCUT2D eigenvalue weighted by atomic mass is 9.35. The largest absolute Gasteiger partial charge is 0.511 e. The van der Waals surface area contributed by atoms with Crippen LogP contribution in [0.25, 0.3) is 0 Å². The van der Waals surface area contributed by atoms with Crippen molar-refractivity contribution in [1.29, 1.82) is 0 Å². The van der Waals surface area contributed by atoms with Crippen LogP contribution < -0.4 is 0 Å². The third kappa shape index (κ3) is 2.67. The van der Waals surface area contributed by atoms with Crippen LogP contribution in [0.4, 0.5) is 4.79 Å². The van der Waals surface area contributed by atoms with Gasteiger partial charge >= 0.3 is 6.28 Å². The van der Waals surface area contributed by atoms with Crippen LogP contribution in [0.5, 0.6) is 0 Å². The molecular formula is C7H14BCl4NO2. The van der Waals surface area contributed by atoms with Crippen LogP contribution in [0.3, 0.4) is 0 Å². The van der Waals surface area contributed by atoms with Gasteiger partial charge in [0.2, 0.25) is 5.87 Å². The Morgan fingerprint density at radius 1 is 1.13 bits per heavy atom. The maximum absolute atomic E-state index is 11.8. The number of carbonyl (C=O) groups is 1. The quantitative estimate of drug-likeness (QED) is 0.589. The highest BCUT2D eigenvalue weighted by atomic mass is 35.5. The fourth-order valence-corrected chi connectivity index (χ4v) is 4.14. The van der Waals surface area contributed by atoms with Crippen molar-refractivity contribution in [2.45, 2.75) is 9.47 Å². The predicted octanol–water partition coefficient (Wildman–Crippen LogP) is 2.67. The highest BCUT2D eigenvalue weighted by molar-refractivity contribution is 7.15. The molecule has 0 fully saturated rings. The molecule has 0 aliphatic heterocycles. The summed E-state index contributed by atoms with van der Waals surface area (Å²) < 4.78 is 2.79. The summed E-state index contributed by atoms with van der Waals surface area (Å²) in [5.41, 5.74) is 0. The van der Waals surface area contributed by atoms with Gasteiger partial charge in [-0.2, -0.15) is 0 Å². The van der Waals surface area contributed by atoms with Crippen molar-refractivity contribution < 1.29 is 13.9 Å². The number of quaternary nitrogens is 1. The Hall–Kier alpha value is 0.655. The molecule has 0 aliphatic rings. The minimum atomic E-state index is -2.18. The fourth-order valence-electron chi connectivity index (χ4n) is 1.50. The maximum atomic E-state index is 11.8. The zero-order valence-electron chi connectivity index (χ0n) is 9.01. The fraction of sp³-hybridized carbons (Fsp3) is 0.857. The summed E-state index contributed by atoms with van der Waals surface area (Å²) in [5.74, 6) is -0.576. The Morgan fingerprint density at radius 3 is 1.53 bits per heavy atom. The van der Waals surface area contributed by atoms with Gasteiger partial charge in [-0.3, -0.25) is 4.79 Å². The second-order valence-electron chi connectivity index (χ2n) is 4.26. The van der Waals surface area contributed by atoms with Gasteiger partial charge in [0.15, 0.2) is 0 Å². The number of methoxy groups -OCH3 is 1. The lowest BCUT2D eigenvalue weighted by molar-refractivity contribution is -0.767. The van der Waals surface area contributed by atoms with E-state index in [0.717, 1.165) is 0 Å². The van der Waals surface area contributed by atoms with E-state index in [1.54, 1.807) is 21.1 Å². The van der Waals surface area contributed by atoms with E-state index in [9.17, 15) is 4.79 Å². The number of halogens is 4. The summed E-state index contributed by atoms with van der Waals surface area (Å²) >= 11 is 23.4. The molecule has 0 aromatic rings. The van der Waals surface area contributed by atoms with Gasteiger partial charge in [0.05, 0.1) is 16.6 Å². The maximum Gasteiger partial charge on any atom is 0.377 e. The summed E-state index contributed by atoms with van der Waals surface area (Å²) in [5, 5.41) is 0. The van der Waals surface area contributed by atoms with Crippen molar-refractivity contribution in [3.05, 3.63) is 0 Å². The van der Waals surface area contributed by atoms with Gasteiger partial charge in [0, 0.05) is 21.1 Å². The lowest BCUT2D eigenvalue weighted by Gasteiger charge is -2.52. The number of carbonyl (C=O) groups excluding carboxylic acids is 1. The van der Waals surface area contributed by atoms with Crippen LogP contribution in [0, 0.1) is 0 Å². The van der Waals surface area contributed by atoms with E-state index in [1.165, 1.54) is 7.11 Å². The van der Waals surface area contributed by atoms with E-state index < -0.39 is 21.6 Å². The first-order chi connectivity index (χ1) is 6.62. The van der Waals surface area contributed by atoms with Gasteiger partial charge in [-0.1, -0.05) is 0 Å².